The SMILES string of the molecule is O=C(/C=C/c1ccccc1)NCC(=O)NCCc1c[nH]c2ccccc12. The minimum Gasteiger partial charge on any atom is -0.361 e. The van der Waals surface area contributed by atoms with Crippen LogP contribution in [0.3, 0.4) is 0 Å². The molecule has 0 aliphatic heterocycles. The van der Waals surface area contributed by atoms with Crippen LogP contribution in [0.2, 0.25) is 0 Å². The fraction of sp³-hybridized carbons (Fsp3) is 0.143. The molecule has 0 spiro atoms. The van der Waals surface area contributed by atoms with E-state index >= 15 is 0 Å². The number of rotatable bonds is 7. The zero-order valence-corrected chi connectivity index (χ0v) is 14.4. The van der Waals surface area contributed by atoms with E-state index in [4.69, 9.17) is 0 Å². The van der Waals surface area contributed by atoms with Gasteiger partial charge in [-0.25, -0.2) is 0 Å². The number of amides is 2. The molecule has 5 heteroatoms. The summed E-state index contributed by atoms with van der Waals surface area (Å²) in [5.41, 5.74) is 3.19. The first-order valence-corrected chi connectivity index (χ1v) is 8.55. The summed E-state index contributed by atoms with van der Waals surface area (Å²) in [6.45, 7) is 0.488. The quantitative estimate of drug-likeness (QED) is 0.575. The molecule has 0 aliphatic carbocycles. The van der Waals surface area contributed by atoms with Gasteiger partial charge in [-0.3, -0.25) is 9.59 Å². The highest BCUT2D eigenvalue weighted by Crippen LogP contribution is 2.17. The van der Waals surface area contributed by atoms with Gasteiger partial charge in [0, 0.05) is 29.7 Å². The third-order valence-electron chi connectivity index (χ3n) is 4.04. The molecule has 3 N–H and O–H groups in total. The van der Waals surface area contributed by atoms with Gasteiger partial charge in [0.15, 0.2) is 0 Å². The molecule has 0 atom stereocenters. The number of carbonyl (C=O) groups is 2. The van der Waals surface area contributed by atoms with Crippen LogP contribution in [0.5, 0.6) is 0 Å². The van der Waals surface area contributed by atoms with Crippen molar-refractivity contribution in [1.82, 2.24) is 15.6 Å². The van der Waals surface area contributed by atoms with Crippen molar-refractivity contribution in [2.45, 2.75) is 6.42 Å². The van der Waals surface area contributed by atoms with E-state index in [-0.39, 0.29) is 18.4 Å². The fourth-order valence-electron chi connectivity index (χ4n) is 2.70. The average molecular weight is 347 g/mol. The molecule has 1 aromatic heterocycles. The maximum absolute atomic E-state index is 11.9. The highest BCUT2D eigenvalue weighted by molar-refractivity contribution is 5.94. The fourth-order valence-corrected chi connectivity index (χ4v) is 2.70. The van der Waals surface area contributed by atoms with Crippen LogP contribution in [0.4, 0.5) is 0 Å². The second-order valence-electron chi connectivity index (χ2n) is 5.92. The topological polar surface area (TPSA) is 74.0 Å². The number of aromatic amines is 1. The molecule has 0 saturated heterocycles. The summed E-state index contributed by atoms with van der Waals surface area (Å²) in [4.78, 5) is 26.8. The molecule has 132 valence electrons. The number of benzene rings is 2. The van der Waals surface area contributed by atoms with Crippen molar-refractivity contribution in [3.8, 4) is 0 Å². The van der Waals surface area contributed by atoms with Gasteiger partial charge in [-0.15, -0.1) is 0 Å². The second-order valence-corrected chi connectivity index (χ2v) is 5.92. The van der Waals surface area contributed by atoms with Gasteiger partial charge in [-0.05, 0) is 29.7 Å². The molecule has 0 saturated carbocycles. The van der Waals surface area contributed by atoms with E-state index in [2.05, 4.69) is 21.7 Å². The predicted molar refractivity (Wildman–Crippen MR) is 103 cm³/mol. The van der Waals surface area contributed by atoms with E-state index in [0.29, 0.717) is 6.54 Å². The van der Waals surface area contributed by atoms with Gasteiger partial charge in [0.05, 0.1) is 6.54 Å². The highest BCUT2D eigenvalue weighted by Gasteiger charge is 2.05. The van der Waals surface area contributed by atoms with Crippen molar-refractivity contribution in [3.05, 3.63) is 78.0 Å². The lowest BCUT2D eigenvalue weighted by Gasteiger charge is -2.05. The summed E-state index contributed by atoms with van der Waals surface area (Å²) in [6.07, 6.45) is 5.84. The van der Waals surface area contributed by atoms with Crippen molar-refractivity contribution in [2.24, 2.45) is 0 Å². The van der Waals surface area contributed by atoms with E-state index in [1.807, 2.05) is 54.7 Å². The first-order valence-electron chi connectivity index (χ1n) is 8.55. The maximum Gasteiger partial charge on any atom is 0.244 e. The Hall–Kier alpha value is -3.34. The molecule has 5 nitrogen and oxygen atoms in total. The smallest absolute Gasteiger partial charge is 0.244 e. The minimum atomic E-state index is -0.291. The second kappa shape index (κ2) is 8.67. The molecule has 0 fully saturated rings. The number of aromatic nitrogens is 1. The first kappa shape index (κ1) is 17.5. The van der Waals surface area contributed by atoms with E-state index in [9.17, 15) is 9.59 Å². The van der Waals surface area contributed by atoms with Crippen LogP contribution >= 0.6 is 0 Å². The van der Waals surface area contributed by atoms with Crippen LogP contribution in [0.1, 0.15) is 11.1 Å². The van der Waals surface area contributed by atoms with Crippen LogP contribution in [0, 0.1) is 0 Å². The Bertz CT molecular complexity index is 913. The third-order valence-corrected chi connectivity index (χ3v) is 4.04. The summed E-state index contributed by atoms with van der Waals surface area (Å²) in [6, 6.07) is 17.6. The molecule has 3 rings (SSSR count). The van der Waals surface area contributed by atoms with Crippen molar-refractivity contribution in [1.29, 1.82) is 0 Å². The maximum atomic E-state index is 11.9. The van der Waals surface area contributed by atoms with Crippen molar-refractivity contribution in [2.75, 3.05) is 13.1 Å². The van der Waals surface area contributed by atoms with Crippen molar-refractivity contribution >= 4 is 28.8 Å². The lowest BCUT2D eigenvalue weighted by molar-refractivity contribution is -0.123. The predicted octanol–water partition coefficient (Wildman–Crippen LogP) is 2.66. The van der Waals surface area contributed by atoms with E-state index in [1.165, 1.54) is 11.5 Å². The Kier molecular flexibility index (Phi) is 5.83. The van der Waals surface area contributed by atoms with Gasteiger partial charge in [0.2, 0.25) is 11.8 Å². The lowest BCUT2D eigenvalue weighted by atomic mass is 10.1. The summed E-state index contributed by atoms with van der Waals surface area (Å²) >= 11 is 0. The average Bonchev–Trinajstić information content (AvgIpc) is 3.09. The lowest BCUT2D eigenvalue weighted by Crippen LogP contribution is -2.37. The van der Waals surface area contributed by atoms with Gasteiger partial charge >= 0.3 is 0 Å². The standard InChI is InChI=1S/C21H21N3O2/c25-20(11-10-16-6-2-1-3-7-16)24-15-21(26)22-13-12-17-14-23-19-9-5-4-8-18(17)19/h1-11,14,23H,12-13,15H2,(H,22,26)(H,24,25)/b11-10+. The molecular formula is C21H21N3O2. The molecule has 2 aromatic carbocycles. The van der Waals surface area contributed by atoms with Crippen LogP contribution in [-0.2, 0) is 16.0 Å². The van der Waals surface area contributed by atoms with Gasteiger partial charge in [0.25, 0.3) is 0 Å². The number of nitrogens with one attached hydrogen (secondary N) is 3. The Labute approximate surface area is 152 Å². The highest BCUT2D eigenvalue weighted by atomic mass is 16.2. The first-order chi connectivity index (χ1) is 12.7. The normalized spacial score (nSPS) is 10.9. The monoisotopic (exact) mass is 347 g/mol. The number of para-hydroxylation sites is 1. The zero-order valence-electron chi connectivity index (χ0n) is 14.4. The summed E-state index contributed by atoms with van der Waals surface area (Å²) < 4.78 is 0. The number of hydrogen-bond acceptors (Lipinski definition) is 2. The molecule has 26 heavy (non-hydrogen) atoms. The van der Waals surface area contributed by atoms with E-state index in [1.54, 1.807) is 6.08 Å². The molecule has 3 aromatic rings. The molecule has 0 unspecified atom stereocenters. The van der Waals surface area contributed by atoms with E-state index in [0.717, 1.165) is 23.1 Å². The molecular weight excluding hydrogens is 326 g/mol. The number of H-pyrrole nitrogens is 1. The van der Waals surface area contributed by atoms with Gasteiger partial charge in [-0.1, -0.05) is 48.5 Å². The van der Waals surface area contributed by atoms with Crippen LogP contribution in [-0.4, -0.2) is 29.9 Å². The summed E-state index contributed by atoms with van der Waals surface area (Å²) in [5, 5.41) is 6.57. The summed E-state index contributed by atoms with van der Waals surface area (Å²) in [5.74, 6) is -0.494. The molecule has 0 aliphatic rings. The molecule has 2 amide bonds. The Morgan fingerprint density at radius 3 is 2.58 bits per heavy atom. The van der Waals surface area contributed by atoms with Crippen LogP contribution in [0.15, 0.2) is 66.9 Å². The van der Waals surface area contributed by atoms with Crippen molar-refractivity contribution in [3.63, 3.8) is 0 Å². The van der Waals surface area contributed by atoms with Crippen LogP contribution in [0.25, 0.3) is 17.0 Å². The van der Waals surface area contributed by atoms with Crippen molar-refractivity contribution < 1.29 is 9.59 Å². The van der Waals surface area contributed by atoms with Crippen LogP contribution < -0.4 is 10.6 Å². The van der Waals surface area contributed by atoms with Gasteiger partial charge < -0.3 is 15.6 Å². The number of fused-ring (bicyclic) bond motifs is 1. The number of hydrogen-bond donors (Lipinski definition) is 3. The minimum absolute atomic E-state index is 0.0359. The van der Waals surface area contributed by atoms with Gasteiger partial charge in [0.1, 0.15) is 0 Å². The van der Waals surface area contributed by atoms with E-state index < -0.39 is 0 Å². The van der Waals surface area contributed by atoms with Gasteiger partial charge in [-0.2, -0.15) is 0 Å². The zero-order chi connectivity index (χ0) is 18.2. The summed E-state index contributed by atoms with van der Waals surface area (Å²) in [7, 11) is 0. The Morgan fingerprint density at radius 2 is 1.73 bits per heavy atom. The molecule has 0 bridgehead atoms. The number of carbonyl (C=O) groups excluding carboxylic acids is 2. The Morgan fingerprint density at radius 1 is 0.962 bits per heavy atom. The third kappa shape index (κ3) is 4.83. The largest absolute Gasteiger partial charge is 0.361 e. The molecule has 1 heterocycles. The Balaban J connectivity index is 1.39. The molecule has 0 radical (unpaired) electrons.